The van der Waals surface area contributed by atoms with E-state index in [1.807, 2.05) is 0 Å². The molecule has 0 heterocycles. The first kappa shape index (κ1) is 19.1. The number of para-hydroxylation sites is 2. The second kappa shape index (κ2) is 8.81. The zero-order chi connectivity index (χ0) is 19.9. The van der Waals surface area contributed by atoms with Gasteiger partial charge in [0.05, 0.1) is 12.2 Å². The first-order chi connectivity index (χ1) is 13.5. The molecule has 0 atom stereocenters. The summed E-state index contributed by atoms with van der Waals surface area (Å²) in [5.41, 5.74) is 1.67. The van der Waals surface area contributed by atoms with E-state index in [2.05, 4.69) is 10.6 Å². The minimum atomic E-state index is -0.393. The zero-order valence-corrected chi connectivity index (χ0v) is 15.2. The topological polar surface area (TPSA) is 67.4 Å². The number of carbonyl (C=O) groups excluding carboxylic acids is 2. The number of ether oxygens (including phenoxy) is 1. The van der Waals surface area contributed by atoms with E-state index >= 15 is 0 Å². The van der Waals surface area contributed by atoms with Crippen LogP contribution in [0.2, 0.25) is 0 Å². The fourth-order valence-electron chi connectivity index (χ4n) is 2.56. The Kier molecular flexibility index (Phi) is 6.01. The molecule has 0 spiro atoms. The molecular formula is C22H19FN2O3. The van der Waals surface area contributed by atoms with Gasteiger partial charge < -0.3 is 15.4 Å². The van der Waals surface area contributed by atoms with Crippen molar-refractivity contribution in [1.82, 2.24) is 0 Å². The monoisotopic (exact) mass is 378 g/mol. The predicted octanol–water partition coefficient (Wildman–Crippen LogP) is 4.87. The van der Waals surface area contributed by atoms with Crippen LogP contribution in [0.25, 0.3) is 0 Å². The normalized spacial score (nSPS) is 10.2. The molecule has 1 amide bonds. The summed E-state index contributed by atoms with van der Waals surface area (Å²) in [7, 11) is 0. The highest BCUT2D eigenvalue weighted by molar-refractivity contribution is 5.98. The molecule has 0 radical (unpaired) electrons. The maximum atomic E-state index is 13.3. The Labute approximate surface area is 162 Å². The highest BCUT2D eigenvalue weighted by Crippen LogP contribution is 2.29. The fourth-order valence-corrected chi connectivity index (χ4v) is 2.56. The van der Waals surface area contributed by atoms with Crippen LogP contribution in [-0.2, 0) is 4.79 Å². The van der Waals surface area contributed by atoms with Crippen molar-refractivity contribution < 1.29 is 18.7 Å². The lowest BCUT2D eigenvalue weighted by Crippen LogP contribution is -2.22. The smallest absolute Gasteiger partial charge is 0.243 e. The van der Waals surface area contributed by atoms with Gasteiger partial charge in [0.15, 0.2) is 11.5 Å². The minimum absolute atomic E-state index is 0.00613. The van der Waals surface area contributed by atoms with Gasteiger partial charge in [-0.1, -0.05) is 30.3 Å². The molecule has 142 valence electrons. The average molecular weight is 378 g/mol. The molecule has 0 aromatic heterocycles. The lowest BCUT2D eigenvalue weighted by molar-refractivity contribution is -0.114. The van der Waals surface area contributed by atoms with Gasteiger partial charge in [0, 0.05) is 17.3 Å². The first-order valence-electron chi connectivity index (χ1n) is 8.68. The quantitative estimate of drug-likeness (QED) is 0.576. The van der Waals surface area contributed by atoms with Crippen molar-refractivity contribution in [1.29, 1.82) is 0 Å². The van der Waals surface area contributed by atoms with Crippen LogP contribution in [-0.4, -0.2) is 18.2 Å². The number of hydrogen-bond acceptors (Lipinski definition) is 4. The zero-order valence-electron chi connectivity index (χ0n) is 15.2. The maximum absolute atomic E-state index is 13.3. The number of Topliss-reactive ketones (excluding diaryl/α,β-unsaturated/α-hetero) is 1. The van der Waals surface area contributed by atoms with Gasteiger partial charge in [0.2, 0.25) is 5.91 Å². The lowest BCUT2D eigenvalue weighted by Gasteiger charge is -2.13. The maximum Gasteiger partial charge on any atom is 0.243 e. The number of nitrogens with one attached hydrogen (secondary N) is 2. The molecule has 3 aromatic rings. The average Bonchev–Trinajstić information content (AvgIpc) is 2.67. The van der Waals surface area contributed by atoms with E-state index in [0.717, 1.165) is 0 Å². The third kappa shape index (κ3) is 5.17. The summed E-state index contributed by atoms with van der Waals surface area (Å²) in [6, 6.07) is 19.6. The van der Waals surface area contributed by atoms with Gasteiger partial charge in [-0.2, -0.15) is 0 Å². The van der Waals surface area contributed by atoms with Crippen LogP contribution in [0.5, 0.6) is 11.5 Å². The Hall–Kier alpha value is -3.67. The van der Waals surface area contributed by atoms with Crippen LogP contribution in [0.1, 0.15) is 17.3 Å². The van der Waals surface area contributed by atoms with Crippen LogP contribution in [0.4, 0.5) is 15.8 Å². The molecule has 0 aliphatic rings. The number of benzene rings is 3. The fraction of sp³-hybridized carbons (Fsp3) is 0.0909. The number of anilines is 2. The van der Waals surface area contributed by atoms with Crippen molar-refractivity contribution in [2.75, 3.05) is 17.2 Å². The van der Waals surface area contributed by atoms with Crippen molar-refractivity contribution in [3.8, 4) is 11.5 Å². The molecule has 0 fully saturated rings. The van der Waals surface area contributed by atoms with Crippen molar-refractivity contribution >= 4 is 23.1 Å². The largest absolute Gasteiger partial charge is 0.455 e. The molecule has 6 heteroatoms. The third-order valence-electron chi connectivity index (χ3n) is 3.90. The Morgan fingerprint density at radius 1 is 0.964 bits per heavy atom. The number of amides is 1. The van der Waals surface area contributed by atoms with E-state index in [1.54, 1.807) is 60.7 Å². The second-order valence-corrected chi connectivity index (χ2v) is 6.09. The summed E-state index contributed by atoms with van der Waals surface area (Å²) < 4.78 is 19.1. The molecule has 3 rings (SSSR count). The van der Waals surface area contributed by atoms with E-state index in [9.17, 15) is 14.0 Å². The standard InChI is InChI=1S/C22H19FN2O3/c1-15(26)16-6-4-8-18(12-16)25-22(27)14-24-20-10-2-3-11-21(20)28-19-9-5-7-17(23)13-19/h2-13,24H,14H2,1H3,(H,25,27). The van der Waals surface area contributed by atoms with Crippen molar-refractivity contribution in [3.05, 3.63) is 84.2 Å². The summed E-state index contributed by atoms with van der Waals surface area (Å²) in [6.45, 7) is 1.46. The molecule has 0 bridgehead atoms. The van der Waals surface area contributed by atoms with E-state index < -0.39 is 5.82 Å². The number of rotatable bonds is 7. The number of halogens is 1. The van der Waals surface area contributed by atoms with Crippen LogP contribution in [0.15, 0.2) is 72.8 Å². The van der Waals surface area contributed by atoms with Crippen molar-refractivity contribution in [2.45, 2.75) is 6.92 Å². The minimum Gasteiger partial charge on any atom is -0.455 e. The molecule has 0 aliphatic carbocycles. The summed E-state index contributed by atoms with van der Waals surface area (Å²) in [5.74, 6) is 0.0910. The molecule has 28 heavy (non-hydrogen) atoms. The highest BCUT2D eigenvalue weighted by Gasteiger charge is 2.08. The van der Waals surface area contributed by atoms with Crippen molar-refractivity contribution in [2.24, 2.45) is 0 Å². The summed E-state index contributed by atoms with van der Waals surface area (Å²) >= 11 is 0. The van der Waals surface area contributed by atoms with Gasteiger partial charge in [-0.15, -0.1) is 0 Å². The van der Waals surface area contributed by atoms with Gasteiger partial charge in [0.1, 0.15) is 11.6 Å². The molecule has 0 saturated carbocycles. The summed E-state index contributed by atoms with van der Waals surface area (Å²) in [5, 5.41) is 5.75. The molecule has 2 N–H and O–H groups in total. The number of hydrogen-bond donors (Lipinski definition) is 2. The van der Waals surface area contributed by atoms with E-state index in [1.165, 1.54) is 19.1 Å². The molecule has 0 saturated heterocycles. The molecule has 3 aromatic carbocycles. The van der Waals surface area contributed by atoms with Gasteiger partial charge >= 0.3 is 0 Å². The Balaban J connectivity index is 1.64. The Morgan fingerprint density at radius 2 is 1.75 bits per heavy atom. The van der Waals surface area contributed by atoms with Gasteiger partial charge in [-0.25, -0.2) is 4.39 Å². The summed E-state index contributed by atoms with van der Waals surface area (Å²) in [6.07, 6.45) is 0. The van der Waals surface area contributed by atoms with Crippen LogP contribution in [0, 0.1) is 5.82 Å². The van der Waals surface area contributed by atoms with Gasteiger partial charge in [0.25, 0.3) is 0 Å². The highest BCUT2D eigenvalue weighted by atomic mass is 19.1. The predicted molar refractivity (Wildman–Crippen MR) is 106 cm³/mol. The summed E-state index contributed by atoms with van der Waals surface area (Å²) in [4.78, 5) is 23.7. The van der Waals surface area contributed by atoms with Gasteiger partial charge in [-0.05, 0) is 43.3 Å². The first-order valence-corrected chi connectivity index (χ1v) is 8.68. The van der Waals surface area contributed by atoms with Crippen LogP contribution in [0.3, 0.4) is 0 Å². The second-order valence-electron chi connectivity index (χ2n) is 6.09. The van der Waals surface area contributed by atoms with E-state index in [4.69, 9.17) is 4.74 Å². The van der Waals surface area contributed by atoms with Crippen LogP contribution >= 0.6 is 0 Å². The van der Waals surface area contributed by atoms with Gasteiger partial charge in [-0.3, -0.25) is 9.59 Å². The van der Waals surface area contributed by atoms with E-state index in [0.29, 0.717) is 28.4 Å². The lowest BCUT2D eigenvalue weighted by atomic mass is 10.1. The molecule has 0 unspecified atom stereocenters. The van der Waals surface area contributed by atoms with Crippen LogP contribution < -0.4 is 15.4 Å². The van der Waals surface area contributed by atoms with Crippen molar-refractivity contribution in [3.63, 3.8) is 0 Å². The Morgan fingerprint density at radius 3 is 2.54 bits per heavy atom. The molecule has 5 nitrogen and oxygen atoms in total. The third-order valence-corrected chi connectivity index (χ3v) is 3.90. The number of carbonyl (C=O) groups is 2. The SMILES string of the molecule is CC(=O)c1cccc(NC(=O)CNc2ccccc2Oc2cccc(F)c2)c1. The number of ketones is 1. The molecule has 0 aliphatic heterocycles. The Bertz CT molecular complexity index is 1000. The molecular weight excluding hydrogens is 359 g/mol. The van der Waals surface area contributed by atoms with E-state index in [-0.39, 0.29) is 18.2 Å².